The fourth-order valence-corrected chi connectivity index (χ4v) is 4.62. The normalized spacial score (nSPS) is 29.9. The predicted octanol–water partition coefficient (Wildman–Crippen LogP) is 3.09. The van der Waals surface area contributed by atoms with Gasteiger partial charge in [0.1, 0.15) is 0 Å². The van der Waals surface area contributed by atoms with Crippen molar-refractivity contribution in [2.24, 2.45) is 0 Å². The fraction of sp³-hybridized carbons (Fsp3) is 0.647. The summed E-state index contributed by atoms with van der Waals surface area (Å²) in [6.45, 7) is 7.01. The summed E-state index contributed by atoms with van der Waals surface area (Å²) in [5.74, 6) is 0. The van der Waals surface area contributed by atoms with E-state index in [9.17, 15) is 0 Å². The van der Waals surface area contributed by atoms with E-state index in [4.69, 9.17) is 0 Å². The van der Waals surface area contributed by atoms with Gasteiger partial charge in [-0.25, -0.2) is 0 Å². The van der Waals surface area contributed by atoms with Gasteiger partial charge in [-0.1, -0.05) is 36.8 Å². The molecule has 1 atom stereocenters. The van der Waals surface area contributed by atoms with Crippen LogP contribution in [0, 0.1) is 0 Å². The average molecular weight is 290 g/mol. The first-order valence-electron chi connectivity index (χ1n) is 7.74. The minimum absolute atomic E-state index is 0.100. The molecule has 0 bridgehead atoms. The molecule has 3 rings (SSSR count). The second kappa shape index (κ2) is 5.70. The molecule has 20 heavy (non-hydrogen) atoms. The van der Waals surface area contributed by atoms with Gasteiger partial charge in [0, 0.05) is 30.9 Å². The largest absolute Gasteiger partial charge is 0.305 e. The molecule has 1 heterocycles. The van der Waals surface area contributed by atoms with E-state index in [1.165, 1.54) is 37.9 Å². The Hall–Kier alpha value is -0.510. The first-order valence-corrected chi connectivity index (χ1v) is 8.96. The first kappa shape index (κ1) is 14.4. The van der Waals surface area contributed by atoms with Gasteiger partial charge in [0.05, 0.1) is 5.54 Å². The van der Waals surface area contributed by atoms with Gasteiger partial charge >= 0.3 is 0 Å². The van der Waals surface area contributed by atoms with E-state index >= 15 is 0 Å². The number of piperazine rings is 1. The van der Waals surface area contributed by atoms with Crippen LogP contribution in [-0.2, 0) is 5.54 Å². The van der Waals surface area contributed by atoms with Crippen molar-refractivity contribution >= 4 is 11.8 Å². The highest BCUT2D eigenvalue weighted by molar-refractivity contribution is 8.00. The lowest BCUT2D eigenvalue weighted by Crippen LogP contribution is -2.59. The summed E-state index contributed by atoms with van der Waals surface area (Å²) in [5.41, 5.74) is 1.51. The quantitative estimate of drug-likeness (QED) is 0.917. The first-order chi connectivity index (χ1) is 9.66. The van der Waals surface area contributed by atoms with Gasteiger partial charge in [0.2, 0.25) is 0 Å². The van der Waals surface area contributed by atoms with Crippen LogP contribution in [-0.4, -0.2) is 42.1 Å². The van der Waals surface area contributed by atoms with Gasteiger partial charge in [-0.15, -0.1) is 0 Å². The zero-order valence-electron chi connectivity index (χ0n) is 12.7. The number of thioether (sulfide) groups is 1. The van der Waals surface area contributed by atoms with E-state index in [0.29, 0.717) is 4.75 Å². The minimum atomic E-state index is 0.100. The molecule has 110 valence electrons. The van der Waals surface area contributed by atoms with Crippen LogP contribution >= 0.6 is 11.8 Å². The van der Waals surface area contributed by atoms with Crippen LogP contribution in [0.1, 0.15) is 31.7 Å². The van der Waals surface area contributed by atoms with E-state index in [0.717, 1.165) is 13.1 Å². The lowest BCUT2D eigenvalue weighted by atomic mass is 9.82. The Labute approximate surface area is 127 Å². The third-order valence-corrected chi connectivity index (χ3v) is 6.51. The van der Waals surface area contributed by atoms with Gasteiger partial charge in [0.15, 0.2) is 0 Å². The molecular formula is C17H26N2S. The van der Waals surface area contributed by atoms with Crippen molar-refractivity contribution in [2.45, 2.75) is 36.5 Å². The minimum Gasteiger partial charge on any atom is -0.305 e. The van der Waals surface area contributed by atoms with Gasteiger partial charge in [0.25, 0.3) is 0 Å². The van der Waals surface area contributed by atoms with Crippen LogP contribution < -0.4 is 5.32 Å². The van der Waals surface area contributed by atoms with Crippen LogP contribution in [0.2, 0.25) is 0 Å². The van der Waals surface area contributed by atoms with Gasteiger partial charge in [-0.3, -0.25) is 4.90 Å². The second-order valence-electron chi connectivity index (χ2n) is 6.58. The molecule has 0 amide bonds. The van der Waals surface area contributed by atoms with Crippen LogP contribution in [0.5, 0.6) is 0 Å². The maximum absolute atomic E-state index is 3.73. The standard InChI is InChI=1S/C17H26N2S/c1-16(15-7-4-3-5-8-15)13-19(12-11-18-16)14-17(20-2)9-6-10-17/h3-5,7-8,18H,6,9-14H2,1-2H3. The van der Waals surface area contributed by atoms with Gasteiger partial charge in [-0.05, 0) is 31.6 Å². The number of rotatable bonds is 4. The molecule has 0 radical (unpaired) electrons. The summed E-state index contributed by atoms with van der Waals surface area (Å²) < 4.78 is 0.551. The number of hydrogen-bond donors (Lipinski definition) is 1. The highest BCUT2D eigenvalue weighted by Crippen LogP contribution is 2.43. The zero-order valence-corrected chi connectivity index (χ0v) is 13.5. The zero-order chi connectivity index (χ0) is 14.1. The van der Waals surface area contributed by atoms with E-state index < -0.39 is 0 Å². The molecule has 1 aromatic carbocycles. The Bertz CT molecular complexity index is 438. The van der Waals surface area contributed by atoms with E-state index in [1.54, 1.807) is 0 Å². The van der Waals surface area contributed by atoms with E-state index in [-0.39, 0.29) is 5.54 Å². The van der Waals surface area contributed by atoms with Crippen LogP contribution in [0.3, 0.4) is 0 Å². The lowest BCUT2D eigenvalue weighted by molar-refractivity contribution is 0.115. The predicted molar refractivity (Wildman–Crippen MR) is 88.3 cm³/mol. The highest BCUT2D eigenvalue weighted by atomic mass is 32.2. The molecule has 2 aliphatic rings. The summed E-state index contributed by atoms with van der Waals surface area (Å²) in [4.78, 5) is 2.68. The number of nitrogens with zero attached hydrogens (tertiary/aromatic N) is 1. The maximum Gasteiger partial charge on any atom is 0.0535 e. The van der Waals surface area contributed by atoms with Crippen molar-refractivity contribution in [3.05, 3.63) is 35.9 Å². The Kier molecular flexibility index (Phi) is 4.11. The summed E-state index contributed by atoms with van der Waals surface area (Å²) in [6, 6.07) is 10.9. The number of nitrogens with one attached hydrogen (secondary N) is 1. The summed E-state index contributed by atoms with van der Waals surface area (Å²) in [7, 11) is 0. The van der Waals surface area contributed by atoms with Crippen molar-refractivity contribution in [3.63, 3.8) is 0 Å². The maximum atomic E-state index is 3.73. The van der Waals surface area contributed by atoms with Crippen LogP contribution in [0.4, 0.5) is 0 Å². The van der Waals surface area contributed by atoms with Gasteiger partial charge < -0.3 is 5.32 Å². The van der Waals surface area contributed by atoms with Crippen molar-refractivity contribution in [1.82, 2.24) is 10.2 Å². The Morgan fingerprint density at radius 1 is 1.25 bits per heavy atom. The van der Waals surface area contributed by atoms with Crippen molar-refractivity contribution in [3.8, 4) is 0 Å². The van der Waals surface area contributed by atoms with Crippen molar-refractivity contribution < 1.29 is 0 Å². The third kappa shape index (κ3) is 2.76. The molecule has 3 heteroatoms. The molecular weight excluding hydrogens is 264 g/mol. The average Bonchev–Trinajstić information content (AvgIpc) is 2.44. The number of hydrogen-bond acceptors (Lipinski definition) is 3. The second-order valence-corrected chi connectivity index (χ2v) is 7.85. The molecule has 0 spiro atoms. The molecule has 1 aliphatic carbocycles. The monoisotopic (exact) mass is 290 g/mol. The molecule has 1 N–H and O–H groups in total. The number of benzene rings is 1. The van der Waals surface area contributed by atoms with E-state index in [1.807, 2.05) is 0 Å². The summed E-state index contributed by atoms with van der Waals surface area (Å²) >= 11 is 2.09. The molecule has 1 aromatic rings. The molecule has 2 fully saturated rings. The highest BCUT2D eigenvalue weighted by Gasteiger charge is 2.40. The van der Waals surface area contributed by atoms with E-state index in [2.05, 4.69) is 65.5 Å². The Balaban J connectivity index is 1.70. The molecule has 1 aliphatic heterocycles. The van der Waals surface area contributed by atoms with Crippen molar-refractivity contribution in [1.29, 1.82) is 0 Å². The van der Waals surface area contributed by atoms with Crippen LogP contribution in [0.25, 0.3) is 0 Å². The molecule has 1 saturated carbocycles. The molecule has 1 unspecified atom stereocenters. The van der Waals surface area contributed by atoms with Crippen LogP contribution in [0.15, 0.2) is 30.3 Å². The lowest BCUT2D eigenvalue weighted by Gasteiger charge is -2.48. The molecule has 2 nitrogen and oxygen atoms in total. The topological polar surface area (TPSA) is 15.3 Å². The Morgan fingerprint density at radius 3 is 2.60 bits per heavy atom. The SMILES string of the molecule is CSC1(CN2CCNC(C)(c3ccccc3)C2)CCC1. The van der Waals surface area contributed by atoms with Crippen molar-refractivity contribution in [2.75, 3.05) is 32.4 Å². The van der Waals surface area contributed by atoms with Gasteiger partial charge in [-0.2, -0.15) is 11.8 Å². The molecule has 1 saturated heterocycles. The summed E-state index contributed by atoms with van der Waals surface area (Å²) in [6.07, 6.45) is 6.51. The third-order valence-electron chi connectivity index (χ3n) is 5.10. The summed E-state index contributed by atoms with van der Waals surface area (Å²) in [5, 5.41) is 3.73. The smallest absolute Gasteiger partial charge is 0.0535 e. The fourth-order valence-electron chi connectivity index (χ4n) is 3.61. The Morgan fingerprint density at radius 2 is 2.00 bits per heavy atom. The molecule has 0 aromatic heterocycles.